The van der Waals surface area contributed by atoms with Crippen molar-refractivity contribution in [1.29, 1.82) is 0 Å². The molecule has 0 radical (unpaired) electrons. The van der Waals surface area contributed by atoms with Crippen LogP contribution in [0.25, 0.3) is 0 Å². The molecule has 0 spiro atoms. The predicted molar refractivity (Wildman–Crippen MR) is 134 cm³/mol. The third kappa shape index (κ3) is 10.4. The van der Waals surface area contributed by atoms with Gasteiger partial charge in [-0.15, -0.1) is 35.3 Å². The lowest BCUT2D eigenvalue weighted by Gasteiger charge is -2.11. The summed E-state index contributed by atoms with van der Waals surface area (Å²) in [5.74, 6) is 0.772. The number of benzene rings is 1. The lowest BCUT2D eigenvalue weighted by Crippen LogP contribution is -2.38. The zero-order valence-electron chi connectivity index (χ0n) is 17.1. The SMILES string of the molecule is CCNC(=NCc1ccc(CS(=O)(=O)NC(C)C)cc1)NCCc1cccs1.I. The number of thiophene rings is 1. The van der Waals surface area contributed by atoms with E-state index in [1.807, 2.05) is 45.0 Å². The summed E-state index contributed by atoms with van der Waals surface area (Å²) in [4.78, 5) is 5.96. The Morgan fingerprint density at radius 3 is 2.38 bits per heavy atom. The molecule has 0 aliphatic heterocycles. The summed E-state index contributed by atoms with van der Waals surface area (Å²) in [6.07, 6.45) is 0.968. The van der Waals surface area contributed by atoms with E-state index in [-0.39, 0.29) is 35.8 Å². The van der Waals surface area contributed by atoms with Crippen LogP contribution >= 0.6 is 35.3 Å². The van der Waals surface area contributed by atoms with Crippen molar-refractivity contribution in [1.82, 2.24) is 15.4 Å². The summed E-state index contributed by atoms with van der Waals surface area (Å²) in [5, 5.41) is 8.68. The highest BCUT2D eigenvalue weighted by atomic mass is 127. The molecule has 3 N–H and O–H groups in total. The summed E-state index contributed by atoms with van der Waals surface area (Å²) >= 11 is 1.76. The first-order valence-corrected chi connectivity index (χ1v) is 12.0. The van der Waals surface area contributed by atoms with Crippen molar-refractivity contribution >= 4 is 51.3 Å². The molecule has 2 rings (SSSR count). The highest BCUT2D eigenvalue weighted by Crippen LogP contribution is 2.10. The largest absolute Gasteiger partial charge is 0.357 e. The third-order valence-corrected chi connectivity index (χ3v) is 6.28. The van der Waals surface area contributed by atoms with Gasteiger partial charge in [0.1, 0.15) is 0 Å². The fraction of sp³-hybridized carbons (Fsp3) is 0.450. The molecule has 29 heavy (non-hydrogen) atoms. The fourth-order valence-electron chi connectivity index (χ4n) is 2.63. The van der Waals surface area contributed by atoms with Crippen molar-refractivity contribution in [3.05, 3.63) is 57.8 Å². The van der Waals surface area contributed by atoms with Crippen molar-refractivity contribution in [2.45, 2.75) is 45.5 Å². The number of guanidine groups is 1. The normalized spacial score (nSPS) is 11.9. The Balaban J connectivity index is 0.00000420. The summed E-state index contributed by atoms with van der Waals surface area (Å²) in [6.45, 7) is 7.82. The molecule has 0 atom stereocenters. The second-order valence-electron chi connectivity index (χ2n) is 6.80. The maximum absolute atomic E-state index is 12.0. The van der Waals surface area contributed by atoms with E-state index in [2.05, 4.69) is 37.9 Å². The van der Waals surface area contributed by atoms with Gasteiger partial charge in [0.2, 0.25) is 10.0 Å². The van der Waals surface area contributed by atoms with Gasteiger partial charge in [0, 0.05) is 24.0 Å². The number of nitrogens with zero attached hydrogens (tertiary/aromatic N) is 1. The standard InChI is InChI=1S/C20H30N4O2S2.HI/c1-4-21-20(22-12-11-19-6-5-13-27-19)23-14-17-7-9-18(10-8-17)15-28(25,26)24-16(2)3;/h5-10,13,16,24H,4,11-12,14-15H2,1-3H3,(H2,21,22,23);1H. The molecule has 6 nitrogen and oxygen atoms in total. The molecular formula is C20H31IN4O2S2. The molecule has 0 amide bonds. The summed E-state index contributed by atoms with van der Waals surface area (Å²) in [5.41, 5.74) is 1.80. The zero-order chi connectivity index (χ0) is 20.4. The van der Waals surface area contributed by atoms with E-state index >= 15 is 0 Å². The summed E-state index contributed by atoms with van der Waals surface area (Å²) in [6, 6.07) is 11.7. The van der Waals surface area contributed by atoms with Crippen LogP contribution in [0.15, 0.2) is 46.8 Å². The molecule has 0 unspecified atom stereocenters. The fourth-order valence-corrected chi connectivity index (χ4v) is 4.77. The minimum atomic E-state index is -3.31. The second kappa shape index (κ2) is 13.2. The van der Waals surface area contributed by atoms with Crippen LogP contribution in [0.2, 0.25) is 0 Å². The Bertz CT molecular complexity index is 836. The van der Waals surface area contributed by atoms with E-state index in [4.69, 9.17) is 0 Å². The Labute approximate surface area is 195 Å². The first-order valence-electron chi connectivity index (χ1n) is 9.50. The van der Waals surface area contributed by atoms with E-state index in [1.165, 1.54) is 4.88 Å². The smallest absolute Gasteiger partial charge is 0.216 e. The summed E-state index contributed by atoms with van der Waals surface area (Å²) < 4.78 is 26.6. The Hall–Kier alpha value is -1.17. The van der Waals surface area contributed by atoms with Gasteiger partial charge >= 0.3 is 0 Å². The second-order valence-corrected chi connectivity index (χ2v) is 9.59. The van der Waals surface area contributed by atoms with Gasteiger partial charge in [-0.2, -0.15) is 0 Å². The Kier molecular flexibility index (Phi) is 11.8. The molecule has 0 bridgehead atoms. The number of hydrogen-bond donors (Lipinski definition) is 3. The van der Waals surface area contributed by atoms with Gasteiger partial charge in [-0.25, -0.2) is 18.1 Å². The molecule has 1 aromatic heterocycles. The molecule has 0 aliphatic carbocycles. The average Bonchev–Trinajstić information content (AvgIpc) is 3.13. The molecule has 1 heterocycles. The van der Waals surface area contributed by atoms with Gasteiger partial charge in [0.05, 0.1) is 12.3 Å². The van der Waals surface area contributed by atoms with Gasteiger partial charge in [-0.05, 0) is 49.8 Å². The van der Waals surface area contributed by atoms with E-state index in [1.54, 1.807) is 11.3 Å². The molecule has 0 saturated carbocycles. The average molecular weight is 551 g/mol. The molecule has 0 aliphatic rings. The van der Waals surface area contributed by atoms with Crippen molar-refractivity contribution in [3.8, 4) is 0 Å². The predicted octanol–water partition coefficient (Wildman–Crippen LogP) is 3.49. The van der Waals surface area contributed by atoms with Crippen molar-refractivity contribution in [2.75, 3.05) is 13.1 Å². The van der Waals surface area contributed by atoms with Gasteiger partial charge in [0.15, 0.2) is 5.96 Å². The van der Waals surface area contributed by atoms with Crippen LogP contribution in [0.1, 0.15) is 36.8 Å². The minimum Gasteiger partial charge on any atom is -0.357 e. The van der Waals surface area contributed by atoms with Crippen molar-refractivity contribution in [3.63, 3.8) is 0 Å². The zero-order valence-corrected chi connectivity index (χ0v) is 21.1. The molecule has 0 saturated heterocycles. The van der Waals surface area contributed by atoms with Crippen LogP contribution in [0.3, 0.4) is 0 Å². The van der Waals surface area contributed by atoms with Gasteiger partial charge < -0.3 is 10.6 Å². The van der Waals surface area contributed by atoms with Crippen LogP contribution in [0.4, 0.5) is 0 Å². The number of sulfonamides is 1. The Morgan fingerprint density at radius 1 is 1.10 bits per heavy atom. The molecule has 2 aromatic rings. The topological polar surface area (TPSA) is 82.6 Å². The molecule has 0 fully saturated rings. The lowest BCUT2D eigenvalue weighted by atomic mass is 10.1. The first kappa shape index (κ1) is 25.9. The third-order valence-electron chi connectivity index (χ3n) is 3.80. The van der Waals surface area contributed by atoms with E-state index in [9.17, 15) is 8.42 Å². The minimum absolute atomic E-state index is 0. The summed E-state index contributed by atoms with van der Waals surface area (Å²) in [7, 11) is -3.31. The first-order chi connectivity index (χ1) is 13.4. The number of nitrogens with one attached hydrogen (secondary N) is 3. The van der Waals surface area contributed by atoms with Gasteiger partial charge in [0.25, 0.3) is 0 Å². The number of aliphatic imine (C=N–C) groups is 1. The van der Waals surface area contributed by atoms with Gasteiger partial charge in [-0.1, -0.05) is 30.3 Å². The highest BCUT2D eigenvalue weighted by Gasteiger charge is 2.12. The number of halogens is 1. The maximum Gasteiger partial charge on any atom is 0.216 e. The van der Waals surface area contributed by atoms with E-state index in [0.29, 0.717) is 6.54 Å². The maximum atomic E-state index is 12.0. The van der Waals surface area contributed by atoms with Crippen LogP contribution in [0, 0.1) is 0 Å². The van der Waals surface area contributed by atoms with Crippen LogP contribution in [0.5, 0.6) is 0 Å². The van der Waals surface area contributed by atoms with E-state index in [0.717, 1.165) is 36.6 Å². The van der Waals surface area contributed by atoms with E-state index < -0.39 is 10.0 Å². The number of hydrogen-bond acceptors (Lipinski definition) is 4. The number of rotatable bonds is 10. The van der Waals surface area contributed by atoms with Crippen molar-refractivity contribution < 1.29 is 8.42 Å². The molecular weight excluding hydrogens is 519 g/mol. The molecule has 1 aromatic carbocycles. The Morgan fingerprint density at radius 2 is 1.79 bits per heavy atom. The monoisotopic (exact) mass is 550 g/mol. The lowest BCUT2D eigenvalue weighted by molar-refractivity contribution is 0.569. The molecule has 162 valence electrons. The van der Waals surface area contributed by atoms with Crippen molar-refractivity contribution in [2.24, 2.45) is 4.99 Å². The van der Waals surface area contributed by atoms with Crippen LogP contribution in [-0.2, 0) is 28.7 Å². The quantitative estimate of drug-likeness (QED) is 0.240. The van der Waals surface area contributed by atoms with Gasteiger partial charge in [-0.3, -0.25) is 0 Å². The van der Waals surface area contributed by atoms with Crippen LogP contribution in [-0.4, -0.2) is 33.5 Å². The highest BCUT2D eigenvalue weighted by molar-refractivity contribution is 14.0. The molecule has 9 heteroatoms. The van der Waals surface area contributed by atoms with Crippen LogP contribution < -0.4 is 15.4 Å².